The molecule has 1 aliphatic heterocycles. The third-order valence-corrected chi connectivity index (χ3v) is 10.5. The van der Waals surface area contributed by atoms with Crippen LogP contribution >= 0.6 is 23.5 Å². The Balaban J connectivity index is 1.51. The Kier molecular flexibility index (Phi) is 12.0. The minimum Gasteiger partial charge on any atom is -0.497 e. The fraction of sp³-hybridized carbons (Fsp3) is 0.297. The minimum absolute atomic E-state index is 0.128. The standard InChI is InChI=1S/C37H40N2O7S2/c1-42-29-15-11-26(12-16-29)23-47-36-35(41)39(22-28-19-31(44-3)33(46-5)32(20-28)45-4)37(48-24-27-13-17-30(43-2)18-14-27)34(40)38(36)21-25-9-7-6-8-10-25/h6-20,36-37H,21-24H2,1-5H3. The molecular weight excluding hydrogens is 649 g/mol. The first kappa shape index (κ1) is 34.8. The molecule has 4 aromatic carbocycles. The van der Waals surface area contributed by atoms with Gasteiger partial charge >= 0.3 is 0 Å². The van der Waals surface area contributed by atoms with Crippen molar-refractivity contribution in [2.24, 2.45) is 0 Å². The van der Waals surface area contributed by atoms with E-state index in [1.54, 1.807) is 45.3 Å². The van der Waals surface area contributed by atoms with Gasteiger partial charge in [-0.1, -0.05) is 54.6 Å². The lowest BCUT2D eigenvalue weighted by Crippen LogP contribution is -2.62. The van der Waals surface area contributed by atoms with E-state index in [1.165, 1.54) is 23.5 Å². The molecule has 2 amide bonds. The number of amides is 2. The summed E-state index contributed by atoms with van der Waals surface area (Å²) in [5.41, 5.74) is 3.73. The van der Waals surface area contributed by atoms with E-state index in [4.69, 9.17) is 23.7 Å². The lowest BCUT2D eigenvalue weighted by molar-refractivity contribution is -0.154. The summed E-state index contributed by atoms with van der Waals surface area (Å²) >= 11 is 2.87. The molecule has 0 radical (unpaired) electrons. The van der Waals surface area contributed by atoms with E-state index in [2.05, 4.69) is 0 Å². The molecular formula is C37H40N2O7S2. The first-order chi connectivity index (χ1) is 23.4. The predicted molar refractivity (Wildman–Crippen MR) is 190 cm³/mol. The zero-order valence-corrected chi connectivity index (χ0v) is 29.3. The van der Waals surface area contributed by atoms with Gasteiger partial charge in [0.25, 0.3) is 11.8 Å². The number of hydrogen-bond acceptors (Lipinski definition) is 9. The van der Waals surface area contributed by atoms with Crippen molar-refractivity contribution < 1.29 is 33.3 Å². The highest BCUT2D eigenvalue weighted by Gasteiger charge is 2.46. The Labute approximate surface area is 290 Å². The van der Waals surface area contributed by atoms with E-state index in [-0.39, 0.29) is 18.4 Å². The van der Waals surface area contributed by atoms with Gasteiger partial charge in [-0.15, -0.1) is 23.5 Å². The van der Waals surface area contributed by atoms with Gasteiger partial charge in [0, 0.05) is 24.6 Å². The van der Waals surface area contributed by atoms with Crippen LogP contribution in [0.5, 0.6) is 28.7 Å². The van der Waals surface area contributed by atoms with E-state index in [1.807, 2.05) is 91.0 Å². The highest BCUT2D eigenvalue weighted by atomic mass is 32.2. The Morgan fingerprint density at radius 2 is 0.958 bits per heavy atom. The fourth-order valence-electron chi connectivity index (χ4n) is 5.42. The van der Waals surface area contributed by atoms with Gasteiger partial charge < -0.3 is 33.5 Å². The molecule has 0 spiro atoms. The van der Waals surface area contributed by atoms with Crippen molar-refractivity contribution >= 4 is 35.3 Å². The summed E-state index contributed by atoms with van der Waals surface area (Å²) in [5, 5.41) is -1.53. The number of carbonyl (C=O) groups excluding carboxylic acids is 2. The van der Waals surface area contributed by atoms with Crippen molar-refractivity contribution in [1.82, 2.24) is 9.80 Å². The summed E-state index contributed by atoms with van der Waals surface area (Å²) in [6.45, 7) is 0.476. The van der Waals surface area contributed by atoms with Gasteiger partial charge in [0.1, 0.15) is 11.5 Å². The Morgan fingerprint density at radius 1 is 0.521 bits per heavy atom. The number of methoxy groups -OCH3 is 5. The first-order valence-electron chi connectivity index (χ1n) is 15.3. The summed E-state index contributed by atoms with van der Waals surface area (Å²) < 4.78 is 27.4. The van der Waals surface area contributed by atoms with E-state index >= 15 is 0 Å². The molecule has 1 aliphatic rings. The zero-order chi connectivity index (χ0) is 34.0. The normalized spacial score (nSPS) is 16.1. The van der Waals surface area contributed by atoms with E-state index < -0.39 is 10.7 Å². The summed E-state index contributed by atoms with van der Waals surface area (Å²) in [6, 6.07) is 28.9. The van der Waals surface area contributed by atoms with Gasteiger partial charge in [0.2, 0.25) is 5.75 Å². The molecule has 2 unspecified atom stereocenters. The second-order valence-corrected chi connectivity index (χ2v) is 13.1. The topological polar surface area (TPSA) is 86.8 Å². The molecule has 0 saturated carbocycles. The maximum Gasteiger partial charge on any atom is 0.257 e. The smallest absolute Gasteiger partial charge is 0.257 e. The Bertz CT molecular complexity index is 1640. The van der Waals surface area contributed by atoms with Gasteiger partial charge in [-0.05, 0) is 58.7 Å². The van der Waals surface area contributed by atoms with Crippen molar-refractivity contribution in [1.29, 1.82) is 0 Å². The fourth-order valence-corrected chi connectivity index (χ4v) is 7.78. The molecule has 0 aromatic heterocycles. The number of hydrogen-bond donors (Lipinski definition) is 0. The number of piperazine rings is 1. The highest BCUT2D eigenvalue weighted by molar-refractivity contribution is 8.00. The van der Waals surface area contributed by atoms with Crippen molar-refractivity contribution in [2.75, 3.05) is 35.5 Å². The minimum atomic E-state index is -0.778. The first-order valence-corrected chi connectivity index (χ1v) is 17.4. The van der Waals surface area contributed by atoms with Crippen LogP contribution in [0.15, 0.2) is 91.0 Å². The average Bonchev–Trinajstić information content (AvgIpc) is 3.13. The molecule has 9 nitrogen and oxygen atoms in total. The van der Waals surface area contributed by atoms with E-state index in [9.17, 15) is 9.59 Å². The average molecular weight is 689 g/mol. The molecule has 1 fully saturated rings. The van der Waals surface area contributed by atoms with Crippen LogP contribution in [-0.2, 0) is 34.2 Å². The van der Waals surface area contributed by atoms with Crippen LogP contribution in [0.4, 0.5) is 0 Å². The number of nitrogens with zero attached hydrogens (tertiary/aromatic N) is 2. The van der Waals surface area contributed by atoms with Gasteiger partial charge in [0.05, 0.1) is 35.5 Å². The van der Waals surface area contributed by atoms with E-state index in [0.29, 0.717) is 35.3 Å². The van der Waals surface area contributed by atoms with Crippen molar-refractivity contribution in [3.8, 4) is 28.7 Å². The van der Waals surface area contributed by atoms with Crippen molar-refractivity contribution in [3.05, 3.63) is 113 Å². The number of thioether (sulfide) groups is 2. The van der Waals surface area contributed by atoms with Crippen molar-refractivity contribution in [3.63, 3.8) is 0 Å². The van der Waals surface area contributed by atoms with Gasteiger partial charge in [-0.2, -0.15) is 0 Å². The zero-order valence-electron chi connectivity index (χ0n) is 27.7. The molecule has 0 N–H and O–H groups in total. The van der Waals surface area contributed by atoms with Gasteiger partial charge in [-0.3, -0.25) is 9.59 Å². The van der Waals surface area contributed by atoms with Gasteiger partial charge in [-0.25, -0.2) is 0 Å². The lowest BCUT2D eigenvalue weighted by atomic mass is 10.1. The third kappa shape index (κ3) is 8.14. The Hall–Kier alpha value is -4.48. The van der Waals surface area contributed by atoms with Crippen LogP contribution in [0.3, 0.4) is 0 Å². The van der Waals surface area contributed by atoms with Crippen LogP contribution in [-0.4, -0.2) is 67.9 Å². The molecule has 1 heterocycles. The molecule has 5 rings (SSSR count). The predicted octanol–water partition coefficient (Wildman–Crippen LogP) is 6.62. The monoisotopic (exact) mass is 688 g/mol. The van der Waals surface area contributed by atoms with Crippen LogP contribution in [0.2, 0.25) is 0 Å². The molecule has 0 aliphatic carbocycles. The SMILES string of the molecule is COc1ccc(CSC2C(=O)N(Cc3cc(OC)c(OC)c(OC)c3)C(SCc3ccc(OC)cc3)C(=O)N2Cc2ccccc2)cc1. The van der Waals surface area contributed by atoms with Crippen LogP contribution in [0, 0.1) is 0 Å². The summed E-state index contributed by atoms with van der Waals surface area (Å²) in [4.78, 5) is 32.8. The summed E-state index contributed by atoms with van der Waals surface area (Å²) in [6.07, 6.45) is 0. The number of benzene rings is 4. The molecule has 2 atom stereocenters. The van der Waals surface area contributed by atoms with Crippen LogP contribution in [0.1, 0.15) is 22.3 Å². The Morgan fingerprint density at radius 3 is 1.35 bits per heavy atom. The second-order valence-electron chi connectivity index (χ2n) is 11.0. The number of carbonyl (C=O) groups is 2. The lowest BCUT2D eigenvalue weighted by Gasteiger charge is -2.44. The largest absolute Gasteiger partial charge is 0.497 e. The molecule has 252 valence electrons. The van der Waals surface area contributed by atoms with Gasteiger partial charge in [0.15, 0.2) is 22.2 Å². The maximum absolute atomic E-state index is 14.7. The molecule has 48 heavy (non-hydrogen) atoms. The summed E-state index contributed by atoms with van der Waals surface area (Å²) in [5.74, 6) is 3.68. The second kappa shape index (κ2) is 16.6. The van der Waals surface area contributed by atoms with Crippen LogP contribution < -0.4 is 23.7 Å². The van der Waals surface area contributed by atoms with Crippen LogP contribution in [0.25, 0.3) is 0 Å². The molecule has 4 aromatic rings. The summed E-state index contributed by atoms with van der Waals surface area (Å²) in [7, 11) is 7.91. The quantitative estimate of drug-likeness (QED) is 0.137. The highest BCUT2D eigenvalue weighted by Crippen LogP contribution is 2.41. The number of rotatable bonds is 15. The maximum atomic E-state index is 14.7. The molecule has 0 bridgehead atoms. The third-order valence-electron chi connectivity index (χ3n) is 7.96. The van der Waals surface area contributed by atoms with E-state index in [0.717, 1.165) is 33.8 Å². The molecule has 11 heteroatoms. The number of ether oxygens (including phenoxy) is 5. The van der Waals surface area contributed by atoms with Crippen molar-refractivity contribution in [2.45, 2.75) is 35.3 Å². The molecule has 1 saturated heterocycles.